The summed E-state index contributed by atoms with van der Waals surface area (Å²) in [5.41, 5.74) is -1.50. The number of aromatic amines is 1. The molecular formula is C10H13N3O5. The molecule has 3 N–H and O–H groups in total. The summed E-state index contributed by atoms with van der Waals surface area (Å²) in [5.74, 6) is -1.60. The number of carboxylic acid groups (broad SMARTS) is 1. The van der Waals surface area contributed by atoms with Crippen LogP contribution in [0.4, 0.5) is 0 Å². The van der Waals surface area contributed by atoms with Crippen LogP contribution in [0.1, 0.15) is 23.2 Å². The van der Waals surface area contributed by atoms with Gasteiger partial charge in [-0.25, -0.2) is 4.79 Å². The predicted molar refractivity (Wildman–Crippen MR) is 61.5 cm³/mol. The number of hydrogen-bond donors (Lipinski definition) is 3. The normalized spacial score (nSPS) is 10.1. The molecule has 0 radical (unpaired) electrons. The molecule has 0 spiro atoms. The highest BCUT2D eigenvalue weighted by atomic mass is 16.4. The van der Waals surface area contributed by atoms with Gasteiger partial charge in [-0.05, 0) is 6.42 Å². The highest BCUT2D eigenvalue weighted by Crippen LogP contribution is 1.89. The fourth-order valence-electron chi connectivity index (χ4n) is 1.26. The van der Waals surface area contributed by atoms with Crippen LogP contribution < -0.4 is 16.6 Å². The molecule has 1 aromatic heterocycles. The third-order valence-corrected chi connectivity index (χ3v) is 2.28. The third-order valence-electron chi connectivity index (χ3n) is 2.28. The van der Waals surface area contributed by atoms with Gasteiger partial charge < -0.3 is 15.4 Å². The largest absolute Gasteiger partial charge is 0.481 e. The summed E-state index contributed by atoms with van der Waals surface area (Å²) in [4.78, 5) is 46.7. The minimum atomic E-state index is -0.954. The topological polar surface area (TPSA) is 121 Å². The standard InChI is InChI=1S/C10H13N3O5/c1-13-9(17)6(5-12-10(13)18)8(16)11-4-2-3-7(14)15/h5H,2-4H2,1H3,(H,11,16)(H,12,18)(H,14,15). The lowest BCUT2D eigenvalue weighted by molar-refractivity contribution is -0.137. The summed E-state index contributed by atoms with van der Waals surface area (Å²) in [6.07, 6.45) is 1.24. The number of carboxylic acids is 1. The number of carbonyl (C=O) groups excluding carboxylic acids is 1. The molecule has 0 unspecified atom stereocenters. The molecule has 0 saturated heterocycles. The first kappa shape index (κ1) is 13.7. The van der Waals surface area contributed by atoms with E-state index in [0.717, 1.165) is 10.8 Å². The molecule has 0 aliphatic heterocycles. The fourth-order valence-corrected chi connectivity index (χ4v) is 1.26. The van der Waals surface area contributed by atoms with Crippen molar-refractivity contribution < 1.29 is 14.7 Å². The van der Waals surface area contributed by atoms with Gasteiger partial charge in [-0.1, -0.05) is 0 Å². The number of rotatable bonds is 5. The van der Waals surface area contributed by atoms with Crippen LogP contribution in [-0.2, 0) is 11.8 Å². The summed E-state index contributed by atoms with van der Waals surface area (Å²) in [7, 11) is 1.25. The van der Waals surface area contributed by atoms with E-state index in [0.29, 0.717) is 0 Å². The molecule has 0 aromatic carbocycles. The lowest BCUT2D eigenvalue weighted by Gasteiger charge is -2.04. The van der Waals surface area contributed by atoms with Gasteiger partial charge >= 0.3 is 11.7 Å². The van der Waals surface area contributed by atoms with E-state index < -0.39 is 23.1 Å². The Morgan fingerprint density at radius 1 is 1.44 bits per heavy atom. The molecule has 18 heavy (non-hydrogen) atoms. The fraction of sp³-hybridized carbons (Fsp3) is 0.400. The van der Waals surface area contributed by atoms with Gasteiger partial charge in [0, 0.05) is 26.2 Å². The second-order valence-corrected chi connectivity index (χ2v) is 3.62. The number of carbonyl (C=O) groups is 2. The first-order chi connectivity index (χ1) is 8.43. The Kier molecular flexibility index (Phi) is 4.41. The maximum Gasteiger partial charge on any atom is 0.328 e. The van der Waals surface area contributed by atoms with Crippen LogP contribution in [-0.4, -0.2) is 33.1 Å². The number of aliphatic carboxylic acids is 1. The number of aromatic nitrogens is 2. The molecule has 0 aliphatic carbocycles. The minimum absolute atomic E-state index is 0.0656. The van der Waals surface area contributed by atoms with Crippen molar-refractivity contribution >= 4 is 11.9 Å². The first-order valence-corrected chi connectivity index (χ1v) is 5.22. The predicted octanol–water partition coefficient (Wildman–Crippen LogP) is -1.33. The third kappa shape index (κ3) is 3.30. The zero-order chi connectivity index (χ0) is 13.7. The molecule has 0 atom stereocenters. The summed E-state index contributed by atoms with van der Waals surface area (Å²) >= 11 is 0. The second kappa shape index (κ2) is 5.80. The summed E-state index contributed by atoms with van der Waals surface area (Å²) in [5, 5.41) is 10.8. The Hall–Kier alpha value is -2.38. The van der Waals surface area contributed by atoms with Crippen molar-refractivity contribution in [3.63, 3.8) is 0 Å². The number of H-pyrrole nitrogens is 1. The van der Waals surface area contributed by atoms with Crippen molar-refractivity contribution in [3.05, 3.63) is 32.6 Å². The lowest BCUT2D eigenvalue weighted by Crippen LogP contribution is -2.39. The average molecular weight is 255 g/mol. The Bertz CT molecular complexity index is 572. The van der Waals surface area contributed by atoms with Crippen molar-refractivity contribution in [2.24, 2.45) is 7.05 Å². The molecule has 0 bridgehead atoms. The van der Waals surface area contributed by atoms with Crippen molar-refractivity contribution in [2.45, 2.75) is 12.8 Å². The molecule has 1 heterocycles. The Labute approximate surface area is 101 Å². The van der Waals surface area contributed by atoms with Gasteiger partial charge in [0.1, 0.15) is 5.56 Å². The summed E-state index contributed by atoms with van der Waals surface area (Å²) in [6, 6.07) is 0. The highest BCUT2D eigenvalue weighted by Gasteiger charge is 2.12. The lowest BCUT2D eigenvalue weighted by atomic mass is 10.3. The zero-order valence-electron chi connectivity index (χ0n) is 9.73. The van der Waals surface area contributed by atoms with Crippen molar-refractivity contribution in [1.82, 2.24) is 14.9 Å². The van der Waals surface area contributed by atoms with E-state index >= 15 is 0 Å². The molecule has 8 nitrogen and oxygen atoms in total. The van der Waals surface area contributed by atoms with Crippen molar-refractivity contribution in [1.29, 1.82) is 0 Å². The van der Waals surface area contributed by atoms with E-state index in [1.54, 1.807) is 0 Å². The van der Waals surface area contributed by atoms with E-state index in [1.807, 2.05) is 0 Å². The van der Waals surface area contributed by atoms with E-state index in [1.165, 1.54) is 7.05 Å². The van der Waals surface area contributed by atoms with Gasteiger partial charge in [0.25, 0.3) is 11.5 Å². The molecule has 8 heteroatoms. The Morgan fingerprint density at radius 2 is 2.11 bits per heavy atom. The van der Waals surface area contributed by atoms with Crippen LogP contribution >= 0.6 is 0 Å². The minimum Gasteiger partial charge on any atom is -0.481 e. The second-order valence-electron chi connectivity index (χ2n) is 3.62. The number of hydrogen-bond acceptors (Lipinski definition) is 4. The van der Waals surface area contributed by atoms with E-state index in [4.69, 9.17) is 5.11 Å². The quantitative estimate of drug-likeness (QED) is 0.563. The molecular weight excluding hydrogens is 242 g/mol. The van der Waals surface area contributed by atoms with Gasteiger partial charge in [-0.3, -0.25) is 19.0 Å². The van der Waals surface area contributed by atoms with Crippen LogP contribution in [0.15, 0.2) is 15.8 Å². The number of amides is 1. The van der Waals surface area contributed by atoms with E-state index in [-0.39, 0.29) is 24.9 Å². The molecule has 0 aliphatic rings. The van der Waals surface area contributed by atoms with Crippen molar-refractivity contribution in [2.75, 3.05) is 6.54 Å². The SMILES string of the molecule is Cn1c(=O)[nH]cc(C(=O)NCCCC(=O)O)c1=O. The molecule has 0 fully saturated rings. The zero-order valence-corrected chi connectivity index (χ0v) is 9.73. The maximum atomic E-state index is 11.6. The van der Waals surface area contributed by atoms with Crippen LogP contribution in [0.25, 0.3) is 0 Å². The van der Waals surface area contributed by atoms with Gasteiger partial charge in [-0.15, -0.1) is 0 Å². The van der Waals surface area contributed by atoms with Crippen LogP contribution in [0, 0.1) is 0 Å². The van der Waals surface area contributed by atoms with E-state index in [2.05, 4.69) is 10.3 Å². The molecule has 1 amide bonds. The maximum absolute atomic E-state index is 11.6. The van der Waals surface area contributed by atoms with E-state index in [9.17, 15) is 19.2 Å². The molecule has 98 valence electrons. The molecule has 1 aromatic rings. The summed E-state index contributed by atoms with van der Waals surface area (Å²) in [6.45, 7) is 0.146. The molecule has 0 saturated carbocycles. The summed E-state index contributed by atoms with van der Waals surface area (Å²) < 4.78 is 0.784. The van der Waals surface area contributed by atoms with Gasteiger partial charge in [0.2, 0.25) is 0 Å². The van der Waals surface area contributed by atoms with Crippen molar-refractivity contribution in [3.8, 4) is 0 Å². The monoisotopic (exact) mass is 255 g/mol. The Morgan fingerprint density at radius 3 is 2.72 bits per heavy atom. The smallest absolute Gasteiger partial charge is 0.328 e. The van der Waals surface area contributed by atoms with Crippen LogP contribution in [0.5, 0.6) is 0 Å². The number of nitrogens with zero attached hydrogens (tertiary/aromatic N) is 1. The Balaban J connectivity index is 2.68. The first-order valence-electron chi connectivity index (χ1n) is 5.22. The average Bonchev–Trinajstić information content (AvgIpc) is 2.31. The van der Waals surface area contributed by atoms with Gasteiger partial charge in [0.15, 0.2) is 0 Å². The van der Waals surface area contributed by atoms with Gasteiger partial charge in [0.05, 0.1) is 0 Å². The van der Waals surface area contributed by atoms with Crippen LogP contribution in [0.2, 0.25) is 0 Å². The number of nitrogens with one attached hydrogen (secondary N) is 2. The molecule has 1 rings (SSSR count). The highest BCUT2D eigenvalue weighted by molar-refractivity contribution is 5.93. The van der Waals surface area contributed by atoms with Crippen LogP contribution in [0.3, 0.4) is 0 Å². The van der Waals surface area contributed by atoms with Gasteiger partial charge in [-0.2, -0.15) is 0 Å².